The molecule has 0 saturated carbocycles. The Morgan fingerprint density at radius 2 is 1.05 bits per heavy atom. The fourth-order valence-electron chi connectivity index (χ4n) is 13.0. The minimum absolute atomic E-state index is 0.0630. The lowest BCUT2D eigenvalue weighted by Crippen LogP contribution is -2.55. The van der Waals surface area contributed by atoms with Gasteiger partial charge in [0.2, 0.25) is 0 Å². The molecule has 6 aromatic rings. The second kappa shape index (κ2) is 15.7. The summed E-state index contributed by atoms with van der Waals surface area (Å²) in [6.07, 6.45) is 10.6. The summed E-state index contributed by atoms with van der Waals surface area (Å²) in [4.78, 5) is 46.4. The molecule has 1 aliphatic carbocycles. The maximum Gasteiger partial charge on any atom is 0.194 e. The maximum atomic E-state index is 15.7. The van der Waals surface area contributed by atoms with Gasteiger partial charge in [-0.25, -0.2) is 0 Å². The first-order valence-corrected chi connectivity index (χ1v) is 23.1. The Morgan fingerprint density at radius 3 is 1.44 bits per heavy atom. The molecule has 6 fully saturated rings. The normalized spacial score (nSPS) is 27.2. The number of rotatable bonds is 10. The lowest BCUT2D eigenvalue weighted by Gasteiger charge is -2.53. The SMILES string of the molecule is CC[C@H]1CN2CCC1C[C@H]2[C@@H](c1ccc([C@@H](c2ccnc3ccc(OC)cc23)[C@@H]2CC3CCN2C[C@@H]3CC)c2c1C(=O)c1ccccc1C2=O)c1ccnc2ccc(OC)cc12. The molecule has 0 radical (unpaired) electrons. The van der Waals surface area contributed by atoms with E-state index >= 15 is 9.59 Å². The topological polar surface area (TPSA) is 84.9 Å². The van der Waals surface area contributed by atoms with Crippen LogP contribution in [0.3, 0.4) is 0 Å². The number of fused-ring (bicyclic) bond motifs is 10. The molecule has 0 spiro atoms. The first-order valence-electron chi connectivity index (χ1n) is 23.1. The van der Waals surface area contributed by atoms with Crippen LogP contribution in [0.15, 0.2) is 97.3 Å². The number of hydrogen-bond acceptors (Lipinski definition) is 8. The number of ether oxygens (including phenoxy) is 2. The number of carbonyl (C=O) groups is 2. The zero-order chi connectivity index (χ0) is 42.2. The second-order valence-corrected chi connectivity index (χ2v) is 18.7. The number of carbonyl (C=O) groups excluding carboxylic acids is 2. The molecule has 6 aliphatic heterocycles. The third kappa shape index (κ3) is 6.23. The Labute approximate surface area is 364 Å². The highest BCUT2D eigenvalue weighted by atomic mass is 16.5. The molecule has 62 heavy (non-hydrogen) atoms. The number of hydrogen-bond donors (Lipinski definition) is 0. The molecule has 7 aliphatic rings. The van der Waals surface area contributed by atoms with E-state index in [4.69, 9.17) is 19.4 Å². The van der Waals surface area contributed by atoms with Crippen LogP contribution in [0.5, 0.6) is 11.5 Å². The predicted octanol–water partition coefficient (Wildman–Crippen LogP) is 10.1. The van der Waals surface area contributed by atoms with Crippen molar-refractivity contribution in [1.29, 1.82) is 0 Å². The van der Waals surface area contributed by atoms with Crippen LogP contribution in [0.4, 0.5) is 0 Å². The van der Waals surface area contributed by atoms with Crippen molar-refractivity contribution >= 4 is 33.4 Å². The molecule has 6 saturated heterocycles. The van der Waals surface area contributed by atoms with E-state index in [1.165, 1.54) is 12.8 Å². The minimum atomic E-state index is -0.192. The van der Waals surface area contributed by atoms with Crippen molar-refractivity contribution in [2.75, 3.05) is 40.4 Å². The lowest BCUT2D eigenvalue weighted by atomic mass is 9.65. The highest BCUT2D eigenvalue weighted by Crippen LogP contribution is 2.52. The van der Waals surface area contributed by atoms with E-state index in [2.05, 4.69) is 60.0 Å². The van der Waals surface area contributed by atoms with Gasteiger partial charge in [0.1, 0.15) is 11.5 Å². The number of benzene rings is 4. The second-order valence-electron chi connectivity index (χ2n) is 18.7. The maximum absolute atomic E-state index is 15.7. The van der Waals surface area contributed by atoms with Gasteiger partial charge < -0.3 is 9.47 Å². The number of methoxy groups -OCH3 is 2. The molecule has 10 atom stereocenters. The predicted molar refractivity (Wildman–Crippen MR) is 244 cm³/mol. The first kappa shape index (κ1) is 39.4. The molecule has 0 N–H and O–H groups in total. The van der Waals surface area contributed by atoms with Crippen molar-refractivity contribution in [1.82, 2.24) is 19.8 Å². The number of pyridine rings is 2. The van der Waals surface area contributed by atoms with Crippen molar-refractivity contribution in [2.24, 2.45) is 23.7 Å². The third-order valence-electron chi connectivity index (χ3n) is 16.1. The molecule has 316 valence electrons. The van der Waals surface area contributed by atoms with E-state index in [0.29, 0.717) is 45.9 Å². The van der Waals surface area contributed by atoms with Crippen LogP contribution in [0.1, 0.15) is 118 Å². The Balaban J connectivity index is 1.19. The van der Waals surface area contributed by atoms with Gasteiger partial charge in [0, 0.05) is 82.4 Å². The van der Waals surface area contributed by atoms with Gasteiger partial charge in [0.25, 0.3) is 0 Å². The number of piperidine rings is 6. The number of ketones is 2. The van der Waals surface area contributed by atoms with Crippen LogP contribution in [0, 0.1) is 23.7 Å². The van der Waals surface area contributed by atoms with Crippen LogP contribution < -0.4 is 9.47 Å². The molecule has 8 heteroatoms. The molecule has 8 nitrogen and oxygen atoms in total. The summed E-state index contributed by atoms with van der Waals surface area (Å²) in [6, 6.07) is 28.8. The van der Waals surface area contributed by atoms with Crippen molar-refractivity contribution in [3.63, 3.8) is 0 Å². The van der Waals surface area contributed by atoms with Gasteiger partial charge >= 0.3 is 0 Å². The van der Waals surface area contributed by atoms with Crippen LogP contribution in [0.2, 0.25) is 0 Å². The summed E-state index contributed by atoms with van der Waals surface area (Å²) in [6.45, 7) is 8.80. The van der Waals surface area contributed by atoms with E-state index in [9.17, 15) is 0 Å². The Kier molecular flexibility index (Phi) is 9.99. The number of nitrogens with zero attached hydrogens (tertiary/aromatic N) is 4. The fraction of sp³-hybridized carbons (Fsp3) is 0.407. The van der Waals surface area contributed by atoms with Crippen LogP contribution >= 0.6 is 0 Å². The average Bonchev–Trinajstić information content (AvgIpc) is 3.33. The molecule has 13 rings (SSSR count). The van der Waals surface area contributed by atoms with Crippen molar-refractivity contribution in [3.05, 3.63) is 142 Å². The average molecular weight is 825 g/mol. The monoisotopic (exact) mass is 824 g/mol. The molecular weight excluding hydrogens is 769 g/mol. The van der Waals surface area contributed by atoms with E-state index in [1.807, 2.05) is 60.9 Å². The highest BCUT2D eigenvalue weighted by Gasteiger charge is 2.48. The zero-order valence-electron chi connectivity index (χ0n) is 36.3. The summed E-state index contributed by atoms with van der Waals surface area (Å²) in [7, 11) is 3.41. The van der Waals surface area contributed by atoms with Gasteiger partial charge in [-0.2, -0.15) is 0 Å². The van der Waals surface area contributed by atoms with Crippen LogP contribution in [-0.2, 0) is 0 Å². The summed E-state index contributed by atoms with van der Waals surface area (Å²) >= 11 is 0. The van der Waals surface area contributed by atoms with Crippen molar-refractivity contribution < 1.29 is 19.1 Å². The Bertz CT molecular complexity index is 2560. The lowest BCUT2D eigenvalue weighted by molar-refractivity contribution is -0.00684. The molecule has 4 bridgehead atoms. The molecule has 8 heterocycles. The summed E-state index contributed by atoms with van der Waals surface area (Å²) in [5, 5.41) is 2.04. The van der Waals surface area contributed by atoms with Crippen LogP contribution in [-0.4, -0.2) is 83.8 Å². The van der Waals surface area contributed by atoms with Gasteiger partial charge in [-0.3, -0.25) is 29.4 Å². The van der Waals surface area contributed by atoms with E-state index < -0.39 is 0 Å². The summed E-state index contributed by atoms with van der Waals surface area (Å²) < 4.78 is 11.6. The first-order chi connectivity index (χ1) is 30.4. The quantitative estimate of drug-likeness (QED) is 0.135. The Morgan fingerprint density at radius 1 is 0.597 bits per heavy atom. The van der Waals surface area contributed by atoms with E-state index in [1.54, 1.807) is 14.2 Å². The van der Waals surface area contributed by atoms with Gasteiger partial charge in [0.15, 0.2) is 11.6 Å². The molecule has 4 unspecified atom stereocenters. The molecule has 2 aromatic heterocycles. The van der Waals surface area contributed by atoms with E-state index in [-0.39, 0.29) is 35.5 Å². The molecule has 4 aromatic carbocycles. The van der Waals surface area contributed by atoms with Gasteiger partial charge in [0.05, 0.1) is 25.3 Å². The van der Waals surface area contributed by atoms with Gasteiger partial charge in [-0.15, -0.1) is 0 Å². The fourth-order valence-corrected chi connectivity index (χ4v) is 13.0. The van der Waals surface area contributed by atoms with E-state index in [0.717, 1.165) is 107 Å². The Hall–Kier alpha value is -5.44. The standard InChI is InChI=1S/C54H56N4O4/c1-5-31-29-57-23-19-33(31)25-47(57)49(37-17-21-55-45-15-11-35(61-3)27-43(37)45)41-13-14-42(52-51(41)53(59)39-9-7-8-10-40(39)54(52)60)50(48-26-34-20-24-58(48)30-32(34)6-2)38-18-22-56-46-16-12-36(62-4)28-44(38)46/h7-18,21-22,27-28,31-34,47-50H,5-6,19-20,23-26,29-30H2,1-4H3/t31-,32-,33?,34?,47-,48-,49+,50+/m0/s1. The molecule has 0 amide bonds. The smallest absolute Gasteiger partial charge is 0.194 e. The highest BCUT2D eigenvalue weighted by molar-refractivity contribution is 6.29. The minimum Gasteiger partial charge on any atom is -0.497 e. The van der Waals surface area contributed by atoms with Crippen LogP contribution in [0.25, 0.3) is 21.8 Å². The van der Waals surface area contributed by atoms with Crippen molar-refractivity contribution in [3.8, 4) is 11.5 Å². The van der Waals surface area contributed by atoms with Gasteiger partial charge in [-0.1, -0.05) is 63.1 Å². The van der Waals surface area contributed by atoms with Crippen molar-refractivity contribution in [2.45, 2.75) is 76.3 Å². The summed E-state index contributed by atoms with van der Waals surface area (Å²) in [5.41, 5.74) is 8.02. The van der Waals surface area contributed by atoms with Gasteiger partial charge in [-0.05, 0) is 133 Å². The third-order valence-corrected chi connectivity index (χ3v) is 16.1. The number of aromatic nitrogens is 2. The summed E-state index contributed by atoms with van der Waals surface area (Å²) in [5.74, 6) is 3.56. The largest absolute Gasteiger partial charge is 0.497 e. The zero-order valence-corrected chi connectivity index (χ0v) is 36.3. The molecular formula is C54H56N4O4.